The SMILES string of the molecule is CCOC(=O)c1nc2cccnc2cc1C. The first-order valence-corrected chi connectivity index (χ1v) is 5.12. The number of aromatic nitrogens is 2. The summed E-state index contributed by atoms with van der Waals surface area (Å²) in [6.45, 7) is 3.95. The van der Waals surface area contributed by atoms with Gasteiger partial charge in [-0.2, -0.15) is 0 Å². The highest BCUT2D eigenvalue weighted by molar-refractivity contribution is 5.92. The Kier molecular flexibility index (Phi) is 2.81. The normalized spacial score (nSPS) is 10.4. The summed E-state index contributed by atoms with van der Waals surface area (Å²) in [5, 5.41) is 0. The summed E-state index contributed by atoms with van der Waals surface area (Å²) in [4.78, 5) is 20.0. The van der Waals surface area contributed by atoms with Gasteiger partial charge in [-0.25, -0.2) is 9.78 Å². The van der Waals surface area contributed by atoms with Gasteiger partial charge in [0.1, 0.15) is 0 Å². The molecule has 2 heterocycles. The lowest BCUT2D eigenvalue weighted by molar-refractivity contribution is 0.0519. The summed E-state index contributed by atoms with van der Waals surface area (Å²) in [6.07, 6.45) is 1.70. The molecule has 0 aliphatic carbocycles. The third kappa shape index (κ3) is 1.86. The summed E-state index contributed by atoms with van der Waals surface area (Å²) in [5.74, 6) is -0.384. The second-order valence-corrected chi connectivity index (χ2v) is 3.42. The van der Waals surface area contributed by atoms with Crippen LogP contribution in [0.4, 0.5) is 0 Å². The molecule has 0 atom stereocenters. The Morgan fingerprint density at radius 2 is 2.25 bits per heavy atom. The van der Waals surface area contributed by atoms with E-state index in [0.29, 0.717) is 17.8 Å². The number of aryl methyl sites for hydroxylation is 1. The van der Waals surface area contributed by atoms with Gasteiger partial charge >= 0.3 is 5.97 Å². The van der Waals surface area contributed by atoms with Crippen molar-refractivity contribution in [1.82, 2.24) is 9.97 Å². The molecule has 0 saturated carbocycles. The number of esters is 1. The molecule has 2 aromatic rings. The highest BCUT2D eigenvalue weighted by Gasteiger charge is 2.13. The number of carbonyl (C=O) groups is 1. The van der Waals surface area contributed by atoms with E-state index in [1.807, 2.05) is 19.1 Å². The van der Waals surface area contributed by atoms with E-state index in [1.54, 1.807) is 19.2 Å². The Labute approximate surface area is 93.3 Å². The van der Waals surface area contributed by atoms with Crippen molar-refractivity contribution in [2.75, 3.05) is 6.61 Å². The molecule has 82 valence electrons. The average Bonchev–Trinajstić information content (AvgIpc) is 2.28. The van der Waals surface area contributed by atoms with Gasteiger partial charge in [0.05, 0.1) is 17.6 Å². The number of carbonyl (C=O) groups excluding carboxylic acids is 1. The third-order valence-corrected chi connectivity index (χ3v) is 2.24. The van der Waals surface area contributed by atoms with Gasteiger partial charge in [-0.15, -0.1) is 0 Å². The van der Waals surface area contributed by atoms with Gasteiger partial charge in [0.25, 0.3) is 0 Å². The number of hydrogen-bond acceptors (Lipinski definition) is 4. The van der Waals surface area contributed by atoms with E-state index in [9.17, 15) is 4.79 Å². The van der Waals surface area contributed by atoms with Crippen molar-refractivity contribution in [2.45, 2.75) is 13.8 Å². The molecule has 0 radical (unpaired) electrons. The van der Waals surface area contributed by atoms with Crippen molar-refractivity contribution >= 4 is 17.0 Å². The number of rotatable bonds is 2. The highest BCUT2D eigenvalue weighted by Crippen LogP contribution is 2.14. The molecule has 0 aliphatic rings. The lowest BCUT2D eigenvalue weighted by atomic mass is 10.2. The van der Waals surface area contributed by atoms with Gasteiger partial charge in [0.15, 0.2) is 5.69 Å². The molecule has 4 nitrogen and oxygen atoms in total. The molecule has 2 aromatic heterocycles. The van der Waals surface area contributed by atoms with Crippen molar-refractivity contribution in [3.8, 4) is 0 Å². The maximum Gasteiger partial charge on any atom is 0.357 e. The molecule has 0 aromatic carbocycles. The third-order valence-electron chi connectivity index (χ3n) is 2.24. The molecule has 0 fully saturated rings. The molecule has 0 amide bonds. The van der Waals surface area contributed by atoms with Gasteiger partial charge in [-0.05, 0) is 37.6 Å². The predicted octanol–water partition coefficient (Wildman–Crippen LogP) is 2.11. The van der Waals surface area contributed by atoms with E-state index in [0.717, 1.165) is 11.1 Å². The number of fused-ring (bicyclic) bond motifs is 1. The van der Waals surface area contributed by atoms with Crippen LogP contribution >= 0.6 is 0 Å². The minimum Gasteiger partial charge on any atom is -0.461 e. The zero-order chi connectivity index (χ0) is 11.5. The van der Waals surface area contributed by atoms with Crippen molar-refractivity contribution in [1.29, 1.82) is 0 Å². The van der Waals surface area contributed by atoms with E-state index in [1.165, 1.54) is 0 Å². The molecule has 4 heteroatoms. The van der Waals surface area contributed by atoms with Crippen LogP contribution in [-0.4, -0.2) is 22.5 Å². The first-order valence-electron chi connectivity index (χ1n) is 5.12. The summed E-state index contributed by atoms with van der Waals surface area (Å²) < 4.78 is 4.94. The van der Waals surface area contributed by atoms with Gasteiger partial charge < -0.3 is 4.74 Å². The van der Waals surface area contributed by atoms with Gasteiger partial charge in [-0.1, -0.05) is 0 Å². The fraction of sp³-hybridized carbons (Fsp3) is 0.250. The van der Waals surface area contributed by atoms with Crippen LogP contribution in [0.25, 0.3) is 11.0 Å². The maximum atomic E-state index is 11.6. The first kappa shape index (κ1) is 10.5. The van der Waals surface area contributed by atoms with Crippen LogP contribution in [0.5, 0.6) is 0 Å². The zero-order valence-corrected chi connectivity index (χ0v) is 9.23. The van der Waals surface area contributed by atoms with Crippen LogP contribution in [0.1, 0.15) is 23.0 Å². The van der Waals surface area contributed by atoms with E-state index >= 15 is 0 Å². The molecule has 0 bridgehead atoms. The summed E-state index contributed by atoms with van der Waals surface area (Å²) in [7, 11) is 0. The molecular weight excluding hydrogens is 204 g/mol. The minimum absolute atomic E-state index is 0.352. The number of pyridine rings is 2. The fourth-order valence-corrected chi connectivity index (χ4v) is 1.50. The largest absolute Gasteiger partial charge is 0.461 e. The van der Waals surface area contributed by atoms with Crippen molar-refractivity contribution in [3.05, 3.63) is 35.7 Å². The van der Waals surface area contributed by atoms with Crippen LogP contribution in [-0.2, 0) is 4.74 Å². The Bertz CT molecular complexity index is 538. The molecule has 0 N–H and O–H groups in total. The molecular formula is C12H12N2O2. The molecule has 2 rings (SSSR count). The lowest BCUT2D eigenvalue weighted by Crippen LogP contribution is -2.09. The van der Waals surface area contributed by atoms with E-state index in [-0.39, 0.29) is 5.97 Å². The lowest BCUT2D eigenvalue weighted by Gasteiger charge is -2.05. The standard InChI is InChI=1S/C12H12N2O2/c1-3-16-12(15)11-8(2)7-10-9(14-11)5-4-6-13-10/h4-7H,3H2,1-2H3. The van der Waals surface area contributed by atoms with Crippen LogP contribution in [0, 0.1) is 6.92 Å². The Hall–Kier alpha value is -1.97. The van der Waals surface area contributed by atoms with E-state index in [2.05, 4.69) is 9.97 Å². The van der Waals surface area contributed by atoms with Crippen molar-refractivity contribution in [2.24, 2.45) is 0 Å². The van der Waals surface area contributed by atoms with Gasteiger partial charge in [-0.3, -0.25) is 4.98 Å². The molecule has 0 aliphatic heterocycles. The molecule has 16 heavy (non-hydrogen) atoms. The second-order valence-electron chi connectivity index (χ2n) is 3.42. The quantitative estimate of drug-likeness (QED) is 0.721. The number of hydrogen-bond donors (Lipinski definition) is 0. The molecule has 0 unspecified atom stereocenters. The minimum atomic E-state index is -0.384. The zero-order valence-electron chi connectivity index (χ0n) is 9.23. The average molecular weight is 216 g/mol. The van der Waals surface area contributed by atoms with Gasteiger partial charge in [0.2, 0.25) is 0 Å². The van der Waals surface area contributed by atoms with Crippen molar-refractivity contribution < 1.29 is 9.53 Å². The van der Waals surface area contributed by atoms with Gasteiger partial charge in [0, 0.05) is 6.20 Å². The van der Waals surface area contributed by atoms with E-state index in [4.69, 9.17) is 4.74 Å². The van der Waals surface area contributed by atoms with Crippen LogP contribution in [0.3, 0.4) is 0 Å². The Morgan fingerprint density at radius 1 is 1.44 bits per heavy atom. The Balaban J connectivity index is 2.54. The maximum absolute atomic E-state index is 11.6. The monoisotopic (exact) mass is 216 g/mol. The molecule has 0 saturated heterocycles. The fourth-order valence-electron chi connectivity index (χ4n) is 1.50. The predicted molar refractivity (Wildman–Crippen MR) is 60.2 cm³/mol. The topological polar surface area (TPSA) is 52.1 Å². The van der Waals surface area contributed by atoms with Crippen LogP contribution in [0.15, 0.2) is 24.4 Å². The first-order chi connectivity index (χ1) is 7.72. The van der Waals surface area contributed by atoms with Crippen molar-refractivity contribution in [3.63, 3.8) is 0 Å². The van der Waals surface area contributed by atoms with Crippen LogP contribution in [0.2, 0.25) is 0 Å². The number of nitrogens with zero attached hydrogens (tertiary/aromatic N) is 2. The summed E-state index contributed by atoms with van der Waals surface area (Å²) in [6, 6.07) is 5.46. The summed E-state index contributed by atoms with van der Waals surface area (Å²) in [5.41, 5.74) is 2.64. The Morgan fingerprint density at radius 3 is 3.00 bits per heavy atom. The smallest absolute Gasteiger partial charge is 0.357 e. The number of ether oxygens (including phenoxy) is 1. The van der Waals surface area contributed by atoms with E-state index < -0.39 is 0 Å². The summed E-state index contributed by atoms with van der Waals surface area (Å²) >= 11 is 0. The molecule has 0 spiro atoms. The van der Waals surface area contributed by atoms with Crippen LogP contribution < -0.4 is 0 Å². The highest BCUT2D eigenvalue weighted by atomic mass is 16.5. The second kappa shape index (κ2) is 4.26.